The predicted molar refractivity (Wildman–Crippen MR) is 119 cm³/mol. The molecule has 1 amide bonds. The first-order chi connectivity index (χ1) is 14.4. The Hall–Kier alpha value is -2.04. The maximum atomic E-state index is 13.3. The summed E-state index contributed by atoms with van der Waals surface area (Å²) in [4.78, 5) is 24.8. The molecular weight excluding hydrogens is 421 g/mol. The lowest BCUT2D eigenvalue weighted by Gasteiger charge is -2.24. The molecule has 2 aliphatic rings. The van der Waals surface area contributed by atoms with Crippen molar-refractivity contribution in [2.24, 2.45) is 11.3 Å². The highest BCUT2D eigenvalue weighted by molar-refractivity contribution is 6.42. The van der Waals surface area contributed by atoms with Gasteiger partial charge in [0.25, 0.3) is 0 Å². The van der Waals surface area contributed by atoms with Crippen LogP contribution in [0.15, 0.2) is 42.5 Å². The lowest BCUT2D eigenvalue weighted by Crippen LogP contribution is -2.26. The van der Waals surface area contributed by atoms with Gasteiger partial charge in [0.1, 0.15) is 0 Å². The number of anilines is 1. The van der Waals surface area contributed by atoms with Crippen LogP contribution in [0.1, 0.15) is 55.6 Å². The second kappa shape index (κ2) is 8.60. The SMILES string of the molecule is O=C(Nc1cccc(CC2(C(=O)O)CC2)c1)C(c1ccc(Cl)c(Cl)c1)C1CCCC1. The van der Waals surface area contributed by atoms with Crippen LogP contribution >= 0.6 is 23.2 Å². The number of aliphatic carboxylic acids is 1. The van der Waals surface area contributed by atoms with Crippen molar-refractivity contribution in [3.8, 4) is 0 Å². The van der Waals surface area contributed by atoms with Crippen molar-refractivity contribution in [3.63, 3.8) is 0 Å². The second-order valence-electron chi connectivity index (χ2n) is 8.65. The van der Waals surface area contributed by atoms with Crippen LogP contribution in [-0.4, -0.2) is 17.0 Å². The van der Waals surface area contributed by atoms with E-state index in [2.05, 4.69) is 5.32 Å². The van der Waals surface area contributed by atoms with Crippen LogP contribution < -0.4 is 5.32 Å². The minimum Gasteiger partial charge on any atom is -0.481 e. The first-order valence-corrected chi connectivity index (χ1v) is 11.2. The fourth-order valence-electron chi connectivity index (χ4n) is 4.62. The first-order valence-electron chi connectivity index (χ1n) is 10.5. The highest BCUT2D eigenvalue weighted by Gasteiger charge is 2.49. The zero-order valence-electron chi connectivity index (χ0n) is 16.7. The fraction of sp³-hybridized carbons (Fsp3) is 0.417. The van der Waals surface area contributed by atoms with Crippen molar-refractivity contribution in [1.29, 1.82) is 0 Å². The van der Waals surface area contributed by atoms with Crippen molar-refractivity contribution in [2.75, 3.05) is 5.32 Å². The number of carbonyl (C=O) groups is 2. The molecule has 0 saturated heterocycles. The highest BCUT2D eigenvalue weighted by atomic mass is 35.5. The van der Waals surface area contributed by atoms with Gasteiger partial charge >= 0.3 is 5.97 Å². The van der Waals surface area contributed by atoms with Gasteiger partial charge in [-0.2, -0.15) is 0 Å². The van der Waals surface area contributed by atoms with E-state index in [0.29, 0.717) is 35.0 Å². The summed E-state index contributed by atoms with van der Waals surface area (Å²) in [7, 11) is 0. The van der Waals surface area contributed by atoms with Crippen molar-refractivity contribution < 1.29 is 14.7 Å². The maximum Gasteiger partial charge on any atom is 0.309 e. The van der Waals surface area contributed by atoms with Crippen molar-refractivity contribution in [2.45, 2.75) is 50.9 Å². The Bertz CT molecular complexity index is 965. The standard InChI is InChI=1S/C24H25Cl2NO3/c25-19-9-8-17(13-20(19)26)21(16-5-1-2-6-16)22(28)27-18-7-3-4-15(12-18)14-24(10-11-24)23(29)30/h3-4,7-9,12-13,16,21H,1-2,5-6,10-11,14H2,(H,27,28)(H,29,30). The Morgan fingerprint density at radius 1 is 1.07 bits per heavy atom. The van der Waals surface area contributed by atoms with Gasteiger partial charge in [-0.25, -0.2) is 0 Å². The smallest absolute Gasteiger partial charge is 0.309 e. The molecule has 0 aromatic heterocycles. The summed E-state index contributed by atoms with van der Waals surface area (Å²) in [5, 5.41) is 13.4. The van der Waals surface area contributed by atoms with Crippen LogP contribution in [0, 0.1) is 11.3 Å². The molecule has 30 heavy (non-hydrogen) atoms. The number of rotatable bonds is 7. The summed E-state index contributed by atoms with van der Waals surface area (Å²) >= 11 is 12.3. The monoisotopic (exact) mass is 445 g/mol. The van der Waals surface area contributed by atoms with Crippen LogP contribution in [0.2, 0.25) is 10.0 Å². The van der Waals surface area contributed by atoms with E-state index in [0.717, 1.165) is 36.8 Å². The zero-order chi connectivity index (χ0) is 21.3. The van der Waals surface area contributed by atoms with Crippen LogP contribution in [0.25, 0.3) is 0 Å². The number of carbonyl (C=O) groups excluding carboxylic acids is 1. The number of amides is 1. The Kier molecular flexibility index (Phi) is 6.08. The average Bonchev–Trinajstić information content (AvgIpc) is 3.29. The summed E-state index contributed by atoms with van der Waals surface area (Å²) in [5.74, 6) is -0.818. The predicted octanol–water partition coefficient (Wildman–Crippen LogP) is 6.31. The molecule has 0 bridgehead atoms. The molecule has 2 aliphatic carbocycles. The summed E-state index contributed by atoms with van der Waals surface area (Å²) in [5.41, 5.74) is 1.88. The van der Waals surface area contributed by atoms with Gasteiger partial charge in [-0.15, -0.1) is 0 Å². The number of nitrogens with one attached hydrogen (secondary N) is 1. The minimum atomic E-state index is -0.738. The molecule has 1 atom stereocenters. The molecule has 0 radical (unpaired) electrons. The van der Waals surface area contributed by atoms with Gasteiger partial charge < -0.3 is 10.4 Å². The molecule has 2 saturated carbocycles. The summed E-state index contributed by atoms with van der Waals surface area (Å²) < 4.78 is 0. The lowest BCUT2D eigenvalue weighted by atomic mass is 9.84. The van der Waals surface area contributed by atoms with E-state index in [1.807, 2.05) is 30.3 Å². The molecule has 0 spiro atoms. The van der Waals surface area contributed by atoms with Crippen molar-refractivity contribution in [3.05, 3.63) is 63.6 Å². The molecular formula is C24H25Cl2NO3. The van der Waals surface area contributed by atoms with E-state index in [1.54, 1.807) is 12.1 Å². The second-order valence-corrected chi connectivity index (χ2v) is 9.46. The third kappa shape index (κ3) is 4.50. The fourth-order valence-corrected chi connectivity index (χ4v) is 4.93. The van der Waals surface area contributed by atoms with Gasteiger partial charge in [-0.1, -0.05) is 54.2 Å². The Labute approximate surface area is 186 Å². The topological polar surface area (TPSA) is 66.4 Å². The van der Waals surface area contributed by atoms with E-state index >= 15 is 0 Å². The van der Waals surface area contributed by atoms with E-state index in [1.165, 1.54) is 0 Å². The van der Waals surface area contributed by atoms with E-state index in [-0.39, 0.29) is 17.7 Å². The molecule has 2 N–H and O–H groups in total. The summed E-state index contributed by atoms with van der Waals surface area (Å²) in [6.07, 6.45) is 6.19. The van der Waals surface area contributed by atoms with E-state index in [4.69, 9.17) is 23.2 Å². The van der Waals surface area contributed by atoms with Gasteiger partial charge in [-0.3, -0.25) is 9.59 Å². The molecule has 6 heteroatoms. The number of hydrogen-bond donors (Lipinski definition) is 2. The van der Waals surface area contributed by atoms with Crippen LogP contribution in [0.4, 0.5) is 5.69 Å². The number of hydrogen-bond acceptors (Lipinski definition) is 2. The Morgan fingerprint density at radius 3 is 2.43 bits per heavy atom. The van der Waals surface area contributed by atoms with Crippen LogP contribution in [0.3, 0.4) is 0 Å². The molecule has 0 aliphatic heterocycles. The van der Waals surface area contributed by atoms with Gasteiger partial charge in [-0.05, 0) is 73.4 Å². The largest absolute Gasteiger partial charge is 0.481 e. The minimum absolute atomic E-state index is 0.0585. The molecule has 2 aromatic rings. The maximum absolute atomic E-state index is 13.3. The molecule has 4 rings (SSSR count). The number of carboxylic acid groups (broad SMARTS) is 1. The van der Waals surface area contributed by atoms with E-state index < -0.39 is 11.4 Å². The molecule has 0 heterocycles. The normalized spacial score (nSPS) is 18.7. The summed E-state index contributed by atoms with van der Waals surface area (Å²) in [6, 6.07) is 13.0. The number of benzene rings is 2. The average molecular weight is 446 g/mol. The third-order valence-electron chi connectivity index (χ3n) is 6.50. The van der Waals surface area contributed by atoms with Crippen molar-refractivity contribution >= 4 is 40.8 Å². The number of carboxylic acids is 1. The van der Waals surface area contributed by atoms with E-state index in [9.17, 15) is 14.7 Å². The molecule has 158 valence electrons. The molecule has 2 aromatic carbocycles. The van der Waals surface area contributed by atoms with Crippen LogP contribution in [0.5, 0.6) is 0 Å². The Morgan fingerprint density at radius 2 is 1.80 bits per heavy atom. The molecule has 1 unspecified atom stereocenters. The summed E-state index contributed by atoms with van der Waals surface area (Å²) in [6.45, 7) is 0. The van der Waals surface area contributed by atoms with Gasteiger partial charge in [0.2, 0.25) is 5.91 Å². The first kappa shape index (κ1) is 21.2. The lowest BCUT2D eigenvalue weighted by molar-refractivity contribution is -0.143. The Balaban J connectivity index is 1.54. The van der Waals surface area contributed by atoms with Gasteiger partial charge in [0.15, 0.2) is 0 Å². The van der Waals surface area contributed by atoms with Crippen molar-refractivity contribution in [1.82, 2.24) is 0 Å². The van der Waals surface area contributed by atoms with Gasteiger partial charge in [0.05, 0.1) is 21.4 Å². The highest BCUT2D eigenvalue weighted by Crippen LogP contribution is 2.48. The number of halogens is 2. The van der Waals surface area contributed by atoms with Crippen LogP contribution in [-0.2, 0) is 16.0 Å². The zero-order valence-corrected chi connectivity index (χ0v) is 18.2. The quantitative estimate of drug-likeness (QED) is 0.524. The molecule has 2 fully saturated rings. The third-order valence-corrected chi connectivity index (χ3v) is 7.24. The van der Waals surface area contributed by atoms with Gasteiger partial charge in [0, 0.05) is 5.69 Å². The molecule has 4 nitrogen and oxygen atoms in total.